The first kappa shape index (κ1) is 9.61. The van der Waals surface area contributed by atoms with Crippen LogP contribution in [0.2, 0.25) is 0 Å². The molecule has 0 atom stereocenters. The Balaban J connectivity index is 2.01. The Labute approximate surface area is 76.1 Å². The Hall–Kier alpha value is -0.480. The van der Waals surface area contributed by atoms with Crippen LogP contribution in [0.3, 0.4) is 0 Å². The molecule has 12 heavy (non-hydrogen) atoms. The zero-order valence-electron chi connectivity index (χ0n) is 8.43. The number of hydrogen-bond donors (Lipinski definition) is 0. The van der Waals surface area contributed by atoms with Gasteiger partial charge in [-0.1, -0.05) is 13.8 Å². The SMILES string of the molecule is CC(C)C#CCCC1CN(C)C1. The van der Waals surface area contributed by atoms with E-state index in [9.17, 15) is 0 Å². The topological polar surface area (TPSA) is 3.24 Å². The summed E-state index contributed by atoms with van der Waals surface area (Å²) in [5.74, 6) is 7.89. The summed E-state index contributed by atoms with van der Waals surface area (Å²) < 4.78 is 0. The van der Waals surface area contributed by atoms with Crippen molar-refractivity contribution in [3.63, 3.8) is 0 Å². The molecule has 1 heteroatoms. The van der Waals surface area contributed by atoms with Gasteiger partial charge in [0.1, 0.15) is 0 Å². The molecule has 1 saturated heterocycles. The van der Waals surface area contributed by atoms with Crippen molar-refractivity contribution in [3.05, 3.63) is 0 Å². The summed E-state index contributed by atoms with van der Waals surface area (Å²) in [4.78, 5) is 2.36. The molecular weight excluding hydrogens is 146 g/mol. The van der Waals surface area contributed by atoms with Gasteiger partial charge in [-0.2, -0.15) is 0 Å². The maximum absolute atomic E-state index is 3.23. The third-order valence-corrected chi connectivity index (χ3v) is 2.21. The highest BCUT2D eigenvalue weighted by Gasteiger charge is 2.21. The number of rotatable bonds is 2. The van der Waals surface area contributed by atoms with Gasteiger partial charge < -0.3 is 4.90 Å². The lowest BCUT2D eigenvalue weighted by Crippen LogP contribution is -2.43. The largest absolute Gasteiger partial charge is 0.306 e. The summed E-state index contributed by atoms with van der Waals surface area (Å²) in [6, 6.07) is 0. The van der Waals surface area contributed by atoms with Crippen LogP contribution in [0.25, 0.3) is 0 Å². The van der Waals surface area contributed by atoms with Crippen LogP contribution in [0.4, 0.5) is 0 Å². The molecule has 0 N–H and O–H groups in total. The van der Waals surface area contributed by atoms with Crippen LogP contribution in [0.5, 0.6) is 0 Å². The molecule has 0 aliphatic carbocycles. The van der Waals surface area contributed by atoms with E-state index in [0.717, 1.165) is 12.3 Å². The molecule has 68 valence electrons. The molecule has 0 saturated carbocycles. The van der Waals surface area contributed by atoms with E-state index in [2.05, 4.69) is 37.6 Å². The monoisotopic (exact) mass is 165 g/mol. The van der Waals surface area contributed by atoms with Gasteiger partial charge in [-0.3, -0.25) is 0 Å². The molecule has 0 aromatic rings. The number of likely N-dealkylation sites (tertiary alicyclic amines) is 1. The van der Waals surface area contributed by atoms with Crippen LogP contribution in [-0.2, 0) is 0 Å². The first-order chi connectivity index (χ1) is 5.68. The highest BCUT2D eigenvalue weighted by atomic mass is 15.2. The Kier molecular flexibility index (Phi) is 3.62. The quantitative estimate of drug-likeness (QED) is 0.566. The number of hydrogen-bond acceptors (Lipinski definition) is 1. The molecule has 1 rings (SSSR count). The number of nitrogens with zero attached hydrogens (tertiary/aromatic N) is 1. The minimum Gasteiger partial charge on any atom is -0.306 e. The van der Waals surface area contributed by atoms with Crippen molar-refractivity contribution in [2.24, 2.45) is 11.8 Å². The van der Waals surface area contributed by atoms with Crippen molar-refractivity contribution >= 4 is 0 Å². The minimum absolute atomic E-state index is 0.536. The first-order valence-corrected chi connectivity index (χ1v) is 4.85. The molecule has 0 spiro atoms. The first-order valence-electron chi connectivity index (χ1n) is 4.85. The van der Waals surface area contributed by atoms with Gasteiger partial charge in [-0.05, 0) is 19.4 Å². The lowest BCUT2D eigenvalue weighted by molar-refractivity contribution is 0.128. The van der Waals surface area contributed by atoms with Crippen molar-refractivity contribution in [2.75, 3.05) is 20.1 Å². The fraction of sp³-hybridized carbons (Fsp3) is 0.818. The second kappa shape index (κ2) is 4.52. The van der Waals surface area contributed by atoms with E-state index in [1.54, 1.807) is 0 Å². The van der Waals surface area contributed by atoms with Crippen molar-refractivity contribution in [1.29, 1.82) is 0 Å². The molecular formula is C11H19N. The highest BCUT2D eigenvalue weighted by molar-refractivity contribution is 5.01. The van der Waals surface area contributed by atoms with Gasteiger partial charge in [-0.15, -0.1) is 11.8 Å². The summed E-state index contributed by atoms with van der Waals surface area (Å²) in [5, 5.41) is 0. The van der Waals surface area contributed by atoms with E-state index in [4.69, 9.17) is 0 Å². The summed E-state index contributed by atoms with van der Waals surface area (Å²) in [7, 11) is 2.18. The predicted octanol–water partition coefficient (Wildman–Crippen LogP) is 1.99. The fourth-order valence-electron chi connectivity index (χ4n) is 1.56. The van der Waals surface area contributed by atoms with E-state index in [1.807, 2.05) is 0 Å². The van der Waals surface area contributed by atoms with Crippen LogP contribution in [-0.4, -0.2) is 25.0 Å². The second-order valence-corrected chi connectivity index (χ2v) is 4.10. The van der Waals surface area contributed by atoms with E-state index < -0.39 is 0 Å². The molecule has 1 nitrogen and oxygen atoms in total. The Morgan fingerprint density at radius 3 is 2.58 bits per heavy atom. The minimum atomic E-state index is 0.536. The summed E-state index contributed by atoms with van der Waals surface area (Å²) in [6.45, 7) is 6.85. The van der Waals surface area contributed by atoms with Crippen LogP contribution < -0.4 is 0 Å². The normalized spacial score (nSPS) is 18.7. The van der Waals surface area contributed by atoms with Crippen LogP contribution in [0, 0.1) is 23.7 Å². The standard InChI is InChI=1S/C11H19N/c1-10(2)6-4-5-7-11-8-12(3)9-11/h10-11H,5,7-9H2,1-3H3. The maximum atomic E-state index is 3.23. The molecule has 0 aromatic heterocycles. The summed E-state index contributed by atoms with van der Waals surface area (Å²) >= 11 is 0. The lowest BCUT2D eigenvalue weighted by Gasteiger charge is -2.35. The molecule has 1 fully saturated rings. The fourth-order valence-corrected chi connectivity index (χ4v) is 1.56. The Bertz CT molecular complexity index is 179. The Morgan fingerprint density at radius 2 is 2.08 bits per heavy atom. The van der Waals surface area contributed by atoms with Crippen LogP contribution in [0.15, 0.2) is 0 Å². The summed E-state index contributed by atoms with van der Waals surface area (Å²) in [5.41, 5.74) is 0. The van der Waals surface area contributed by atoms with Gasteiger partial charge in [0.25, 0.3) is 0 Å². The van der Waals surface area contributed by atoms with Gasteiger partial charge in [-0.25, -0.2) is 0 Å². The molecule has 0 amide bonds. The smallest absolute Gasteiger partial charge is 0.0146 e. The van der Waals surface area contributed by atoms with Gasteiger partial charge in [0, 0.05) is 25.4 Å². The highest BCUT2D eigenvalue weighted by Crippen LogP contribution is 2.17. The molecule has 1 heterocycles. The van der Waals surface area contributed by atoms with Crippen molar-refractivity contribution < 1.29 is 0 Å². The maximum Gasteiger partial charge on any atom is 0.0146 e. The van der Waals surface area contributed by atoms with E-state index in [0.29, 0.717) is 5.92 Å². The van der Waals surface area contributed by atoms with Crippen LogP contribution >= 0.6 is 0 Å². The molecule has 0 unspecified atom stereocenters. The van der Waals surface area contributed by atoms with Crippen molar-refractivity contribution in [3.8, 4) is 11.8 Å². The van der Waals surface area contributed by atoms with Gasteiger partial charge in [0.15, 0.2) is 0 Å². The zero-order valence-corrected chi connectivity index (χ0v) is 8.43. The molecule has 0 bridgehead atoms. The second-order valence-electron chi connectivity index (χ2n) is 4.10. The molecule has 1 aliphatic rings. The Morgan fingerprint density at radius 1 is 1.42 bits per heavy atom. The third kappa shape index (κ3) is 3.28. The molecule has 1 aliphatic heterocycles. The van der Waals surface area contributed by atoms with E-state index in [-0.39, 0.29) is 0 Å². The van der Waals surface area contributed by atoms with Crippen LogP contribution in [0.1, 0.15) is 26.7 Å². The van der Waals surface area contributed by atoms with Crippen molar-refractivity contribution in [1.82, 2.24) is 4.90 Å². The van der Waals surface area contributed by atoms with E-state index in [1.165, 1.54) is 19.5 Å². The predicted molar refractivity (Wildman–Crippen MR) is 52.8 cm³/mol. The van der Waals surface area contributed by atoms with Crippen molar-refractivity contribution in [2.45, 2.75) is 26.7 Å². The average molecular weight is 165 g/mol. The van der Waals surface area contributed by atoms with Gasteiger partial charge in [0.2, 0.25) is 0 Å². The van der Waals surface area contributed by atoms with Gasteiger partial charge >= 0.3 is 0 Å². The third-order valence-electron chi connectivity index (χ3n) is 2.21. The lowest BCUT2D eigenvalue weighted by atomic mass is 9.95. The molecule has 0 radical (unpaired) electrons. The average Bonchev–Trinajstić information content (AvgIpc) is 1.93. The molecule has 0 aromatic carbocycles. The van der Waals surface area contributed by atoms with Gasteiger partial charge in [0.05, 0.1) is 0 Å². The zero-order chi connectivity index (χ0) is 8.97. The van der Waals surface area contributed by atoms with E-state index >= 15 is 0 Å². The summed E-state index contributed by atoms with van der Waals surface area (Å²) in [6.07, 6.45) is 2.39.